The highest BCUT2D eigenvalue weighted by Crippen LogP contribution is 2.09. The van der Waals surface area contributed by atoms with Gasteiger partial charge in [0.15, 0.2) is 0 Å². The standard InChI is InChI=1S/C7H22N2Si2/c1-10(11(2,3)4)7(9)5-6-8/h7,10H,5-6,8-9H2,1-4H3. The van der Waals surface area contributed by atoms with Gasteiger partial charge in [0, 0.05) is 15.9 Å². The molecule has 0 aromatic carbocycles. The van der Waals surface area contributed by atoms with Crippen molar-refractivity contribution < 1.29 is 0 Å². The van der Waals surface area contributed by atoms with Gasteiger partial charge >= 0.3 is 0 Å². The Kier molecular flexibility index (Phi) is 4.54. The van der Waals surface area contributed by atoms with E-state index in [2.05, 4.69) is 26.2 Å². The van der Waals surface area contributed by atoms with Crippen LogP contribution >= 0.6 is 0 Å². The second-order valence-corrected chi connectivity index (χ2v) is 19.5. The summed E-state index contributed by atoms with van der Waals surface area (Å²) in [6.07, 6.45) is 1.03. The van der Waals surface area contributed by atoms with Gasteiger partial charge in [-0.2, -0.15) is 0 Å². The van der Waals surface area contributed by atoms with E-state index >= 15 is 0 Å². The van der Waals surface area contributed by atoms with Gasteiger partial charge in [0.05, 0.1) is 0 Å². The van der Waals surface area contributed by atoms with E-state index in [1.165, 1.54) is 0 Å². The third-order valence-corrected chi connectivity index (χ3v) is 16.3. The van der Waals surface area contributed by atoms with Crippen molar-refractivity contribution in [2.75, 3.05) is 6.54 Å². The van der Waals surface area contributed by atoms with E-state index in [1.807, 2.05) is 0 Å². The maximum atomic E-state index is 6.03. The molecule has 4 heteroatoms. The summed E-state index contributed by atoms with van der Waals surface area (Å²) < 4.78 is 0. The van der Waals surface area contributed by atoms with Crippen LogP contribution in [-0.2, 0) is 0 Å². The fraction of sp³-hybridized carbons (Fsp3) is 1.00. The van der Waals surface area contributed by atoms with Crippen LogP contribution in [0.25, 0.3) is 0 Å². The fourth-order valence-electron chi connectivity index (χ4n) is 1.08. The van der Waals surface area contributed by atoms with E-state index in [4.69, 9.17) is 11.5 Å². The molecule has 0 aliphatic rings. The fourth-order valence-corrected chi connectivity index (χ4v) is 7.41. The highest BCUT2D eigenvalue weighted by molar-refractivity contribution is 7.31. The van der Waals surface area contributed by atoms with Crippen LogP contribution in [0.2, 0.25) is 26.2 Å². The summed E-state index contributed by atoms with van der Waals surface area (Å²) in [6, 6.07) is 0. The molecule has 4 N–H and O–H groups in total. The van der Waals surface area contributed by atoms with Gasteiger partial charge in [-0.3, -0.25) is 0 Å². The Hall–Kier alpha value is 0.354. The van der Waals surface area contributed by atoms with Crippen molar-refractivity contribution in [1.29, 1.82) is 0 Å². The molecule has 0 aliphatic heterocycles. The van der Waals surface area contributed by atoms with Crippen LogP contribution in [0.5, 0.6) is 0 Å². The van der Waals surface area contributed by atoms with E-state index < -0.39 is 15.9 Å². The molecule has 2 unspecified atom stereocenters. The maximum Gasteiger partial charge on any atom is 0.0478 e. The third kappa shape index (κ3) is 4.05. The average molecular weight is 190 g/mol. The van der Waals surface area contributed by atoms with Crippen molar-refractivity contribution in [2.24, 2.45) is 11.5 Å². The van der Waals surface area contributed by atoms with Gasteiger partial charge in [-0.1, -0.05) is 26.2 Å². The van der Waals surface area contributed by atoms with Crippen molar-refractivity contribution in [1.82, 2.24) is 0 Å². The zero-order valence-electron chi connectivity index (χ0n) is 8.22. The lowest BCUT2D eigenvalue weighted by molar-refractivity contribution is 0.777. The lowest BCUT2D eigenvalue weighted by Gasteiger charge is -2.28. The van der Waals surface area contributed by atoms with Gasteiger partial charge in [-0.25, -0.2) is 0 Å². The third-order valence-electron chi connectivity index (χ3n) is 2.51. The Morgan fingerprint density at radius 3 is 2.09 bits per heavy atom. The minimum Gasteiger partial charge on any atom is -0.331 e. The van der Waals surface area contributed by atoms with E-state index in [0.717, 1.165) is 13.0 Å². The summed E-state index contributed by atoms with van der Waals surface area (Å²) in [6.45, 7) is 10.4. The lowest BCUT2D eigenvalue weighted by Crippen LogP contribution is -2.53. The van der Waals surface area contributed by atoms with E-state index in [9.17, 15) is 0 Å². The monoisotopic (exact) mass is 190 g/mol. The normalized spacial score (nSPS) is 18.0. The second kappa shape index (κ2) is 4.40. The molecule has 0 aliphatic carbocycles. The Bertz CT molecular complexity index is 111. The van der Waals surface area contributed by atoms with Gasteiger partial charge in [0.1, 0.15) is 0 Å². The van der Waals surface area contributed by atoms with Gasteiger partial charge in [-0.15, -0.1) is 0 Å². The molecule has 0 saturated carbocycles. The Morgan fingerprint density at radius 1 is 1.36 bits per heavy atom. The zero-order chi connectivity index (χ0) is 9.07. The molecule has 0 heterocycles. The SMILES string of the molecule is C[SiH](C(N)CCN)[Si](C)(C)C. The largest absolute Gasteiger partial charge is 0.331 e. The highest BCUT2D eigenvalue weighted by Gasteiger charge is 2.28. The number of hydrogen-bond acceptors (Lipinski definition) is 2. The number of rotatable bonds is 4. The molecule has 0 aromatic rings. The molecule has 0 amide bonds. The molecule has 0 rings (SSSR count). The maximum absolute atomic E-state index is 6.03. The summed E-state index contributed by atoms with van der Waals surface area (Å²) in [5.41, 5.74) is 11.9. The highest BCUT2D eigenvalue weighted by atomic mass is 29.2. The second-order valence-electron chi connectivity index (χ2n) is 4.40. The van der Waals surface area contributed by atoms with Crippen molar-refractivity contribution in [3.63, 3.8) is 0 Å². The predicted molar refractivity (Wildman–Crippen MR) is 58.0 cm³/mol. The van der Waals surface area contributed by atoms with Crippen LogP contribution in [0.1, 0.15) is 6.42 Å². The Balaban J connectivity index is 3.91. The van der Waals surface area contributed by atoms with Crippen molar-refractivity contribution >= 4 is 15.9 Å². The molecule has 0 spiro atoms. The minimum atomic E-state index is -0.903. The first-order chi connectivity index (χ1) is 4.89. The van der Waals surface area contributed by atoms with Crippen LogP contribution < -0.4 is 11.5 Å². The van der Waals surface area contributed by atoms with Crippen molar-refractivity contribution in [3.8, 4) is 0 Å². The van der Waals surface area contributed by atoms with E-state index in [1.54, 1.807) is 0 Å². The molecule has 0 bridgehead atoms. The van der Waals surface area contributed by atoms with Crippen LogP contribution in [0.3, 0.4) is 0 Å². The first-order valence-electron chi connectivity index (χ1n) is 4.35. The van der Waals surface area contributed by atoms with Gasteiger partial charge in [-0.05, 0) is 18.6 Å². The van der Waals surface area contributed by atoms with Crippen LogP contribution in [-0.4, -0.2) is 28.1 Å². The van der Waals surface area contributed by atoms with Crippen LogP contribution in [0, 0.1) is 0 Å². The van der Waals surface area contributed by atoms with Crippen LogP contribution in [0.15, 0.2) is 0 Å². The molecular formula is C7H22N2Si2. The average Bonchev–Trinajstić information content (AvgIpc) is 1.85. The van der Waals surface area contributed by atoms with Gasteiger partial charge in [0.25, 0.3) is 0 Å². The number of nitrogens with two attached hydrogens (primary N) is 2. The molecule has 2 atom stereocenters. The molecule has 2 nitrogen and oxygen atoms in total. The Labute approximate surface area is 72.8 Å². The van der Waals surface area contributed by atoms with E-state index in [0.29, 0.717) is 5.67 Å². The molecule has 0 fully saturated rings. The van der Waals surface area contributed by atoms with Crippen molar-refractivity contribution in [2.45, 2.75) is 38.3 Å². The summed E-state index contributed by atoms with van der Waals surface area (Å²) in [7, 11) is -1.57. The molecule has 0 saturated heterocycles. The summed E-state index contributed by atoms with van der Waals surface area (Å²) in [5.74, 6) is 0. The topological polar surface area (TPSA) is 52.0 Å². The van der Waals surface area contributed by atoms with Gasteiger partial charge in [0.2, 0.25) is 0 Å². The molecular weight excluding hydrogens is 168 g/mol. The summed E-state index contributed by atoms with van der Waals surface area (Å²) in [5, 5.41) is 0. The summed E-state index contributed by atoms with van der Waals surface area (Å²) in [4.78, 5) is 0. The first-order valence-corrected chi connectivity index (χ1v) is 11.5. The van der Waals surface area contributed by atoms with Crippen LogP contribution in [0.4, 0.5) is 0 Å². The lowest BCUT2D eigenvalue weighted by atomic mass is 10.4. The Morgan fingerprint density at radius 2 is 1.82 bits per heavy atom. The minimum absolute atomic E-state index is 0.451. The zero-order valence-corrected chi connectivity index (χ0v) is 10.4. The first kappa shape index (κ1) is 11.4. The molecule has 11 heavy (non-hydrogen) atoms. The molecule has 0 radical (unpaired) electrons. The quantitative estimate of drug-likeness (QED) is 0.634. The summed E-state index contributed by atoms with van der Waals surface area (Å²) >= 11 is 0. The number of hydrogen-bond donors (Lipinski definition) is 2. The molecule has 0 aromatic heterocycles. The predicted octanol–water partition coefficient (Wildman–Crippen LogP) is 0.475. The van der Waals surface area contributed by atoms with Crippen molar-refractivity contribution in [3.05, 3.63) is 0 Å². The molecule has 68 valence electrons. The van der Waals surface area contributed by atoms with Gasteiger partial charge < -0.3 is 11.5 Å². The smallest absolute Gasteiger partial charge is 0.0478 e. The van der Waals surface area contributed by atoms with E-state index in [-0.39, 0.29) is 0 Å².